The van der Waals surface area contributed by atoms with Gasteiger partial charge in [0, 0.05) is 18.8 Å². The van der Waals surface area contributed by atoms with E-state index >= 15 is 0 Å². The van der Waals surface area contributed by atoms with E-state index in [0.29, 0.717) is 18.5 Å². The molecule has 4 heteroatoms. The second-order valence-corrected chi connectivity index (χ2v) is 4.75. The Labute approximate surface area is 113 Å². The third-order valence-corrected chi connectivity index (χ3v) is 2.66. The summed E-state index contributed by atoms with van der Waals surface area (Å²) >= 11 is 0. The van der Waals surface area contributed by atoms with Crippen molar-refractivity contribution >= 4 is 0 Å². The molecular formula is C15H19N3O. The molecule has 0 aliphatic carbocycles. The summed E-state index contributed by atoms with van der Waals surface area (Å²) in [5.74, 6) is 1.34. The van der Waals surface area contributed by atoms with Crippen LogP contribution in [0.25, 0.3) is 0 Å². The number of para-hydroxylation sites is 1. The van der Waals surface area contributed by atoms with Crippen molar-refractivity contribution in [2.24, 2.45) is 0 Å². The molecule has 0 amide bonds. The molecule has 0 bridgehead atoms. The number of aromatic nitrogens is 2. The Kier molecular flexibility index (Phi) is 4.47. The van der Waals surface area contributed by atoms with E-state index in [-0.39, 0.29) is 0 Å². The fraction of sp³-hybridized carbons (Fsp3) is 0.333. The minimum absolute atomic E-state index is 0.419. The molecule has 0 unspecified atom stereocenters. The highest BCUT2D eigenvalue weighted by atomic mass is 16.5. The van der Waals surface area contributed by atoms with Crippen LogP contribution in [0.1, 0.15) is 25.1 Å². The highest BCUT2D eigenvalue weighted by molar-refractivity contribution is 5.34. The van der Waals surface area contributed by atoms with Crippen molar-refractivity contribution < 1.29 is 4.74 Å². The molecule has 1 N–H and O–H groups in total. The van der Waals surface area contributed by atoms with Crippen LogP contribution in [0.5, 0.6) is 11.6 Å². The van der Waals surface area contributed by atoms with E-state index < -0.39 is 0 Å². The minimum Gasteiger partial charge on any atom is -0.437 e. The first-order chi connectivity index (χ1) is 9.15. The average Bonchev–Trinajstić information content (AvgIpc) is 2.40. The van der Waals surface area contributed by atoms with Gasteiger partial charge in [-0.25, -0.2) is 4.98 Å². The third kappa shape index (κ3) is 4.03. The maximum Gasteiger partial charge on any atom is 0.238 e. The Morgan fingerprint density at radius 3 is 2.74 bits per heavy atom. The Morgan fingerprint density at radius 2 is 2.00 bits per heavy atom. The van der Waals surface area contributed by atoms with Gasteiger partial charge in [0.05, 0.1) is 11.9 Å². The van der Waals surface area contributed by atoms with Gasteiger partial charge in [0.1, 0.15) is 5.75 Å². The second kappa shape index (κ2) is 6.29. The number of nitrogens with one attached hydrogen (secondary N) is 1. The Hall–Kier alpha value is -1.94. The van der Waals surface area contributed by atoms with Crippen LogP contribution in [0.2, 0.25) is 0 Å². The molecule has 0 spiro atoms. The van der Waals surface area contributed by atoms with E-state index in [1.54, 1.807) is 12.4 Å². The van der Waals surface area contributed by atoms with Crippen molar-refractivity contribution in [2.75, 3.05) is 0 Å². The van der Waals surface area contributed by atoms with E-state index in [9.17, 15) is 0 Å². The fourth-order valence-corrected chi connectivity index (χ4v) is 1.61. The van der Waals surface area contributed by atoms with Gasteiger partial charge < -0.3 is 10.1 Å². The average molecular weight is 257 g/mol. The van der Waals surface area contributed by atoms with Crippen molar-refractivity contribution in [1.82, 2.24) is 15.3 Å². The molecule has 0 aliphatic rings. The summed E-state index contributed by atoms with van der Waals surface area (Å²) in [7, 11) is 0. The standard InChI is InChI=1S/C15H19N3O/c1-11(2)17-9-13-8-16-10-15(18-13)19-14-7-5-4-6-12(14)3/h4-8,10-11,17H,9H2,1-3H3. The fourth-order valence-electron chi connectivity index (χ4n) is 1.61. The minimum atomic E-state index is 0.419. The quantitative estimate of drug-likeness (QED) is 0.894. The van der Waals surface area contributed by atoms with Gasteiger partial charge in [-0.05, 0) is 18.6 Å². The van der Waals surface area contributed by atoms with E-state index in [1.165, 1.54) is 0 Å². The normalized spacial score (nSPS) is 10.7. The Morgan fingerprint density at radius 1 is 1.21 bits per heavy atom. The summed E-state index contributed by atoms with van der Waals surface area (Å²) in [5, 5.41) is 3.31. The summed E-state index contributed by atoms with van der Waals surface area (Å²) in [6, 6.07) is 8.28. The third-order valence-electron chi connectivity index (χ3n) is 2.66. The number of nitrogens with zero attached hydrogens (tertiary/aromatic N) is 2. The number of rotatable bonds is 5. The molecular weight excluding hydrogens is 238 g/mol. The summed E-state index contributed by atoms with van der Waals surface area (Å²) in [6.45, 7) is 6.89. The highest BCUT2D eigenvalue weighted by Crippen LogP contribution is 2.22. The summed E-state index contributed by atoms with van der Waals surface area (Å²) in [5.41, 5.74) is 1.95. The van der Waals surface area contributed by atoms with Gasteiger partial charge in [-0.2, -0.15) is 0 Å². The van der Waals surface area contributed by atoms with Crippen molar-refractivity contribution in [3.8, 4) is 11.6 Å². The predicted molar refractivity (Wildman–Crippen MR) is 75.3 cm³/mol. The van der Waals surface area contributed by atoms with E-state index in [0.717, 1.165) is 17.0 Å². The topological polar surface area (TPSA) is 47.0 Å². The van der Waals surface area contributed by atoms with Crippen molar-refractivity contribution in [1.29, 1.82) is 0 Å². The molecule has 0 atom stereocenters. The number of aryl methyl sites for hydroxylation is 1. The summed E-state index contributed by atoms with van der Waals surface area (Å²) < 4.78 is 5.76. The molecule has 0 saturated heterocycles. The lowest BCUT2D eigenvalue weighted by molar-refractivity contribution is 0.452. The number of hydrogen-bond donors (Lipinski definition) is 1. The summed E-state index contributed by atoms with van der Waals surface area (Å²) in [6.07, 6.45) is 3.38. The van der Waals surface area contributed by atoms with Gasteiger partial charge >= 0.3 is 0 Å². The molecule has 0 saturated carbocycles. The first-order valence-electron chi connectivity index (χ1n) is 6.43. The van der Waals surface area contributed by atoms with Crippen LogP contribution >= 0.6 is 0 Å². The van der Waals surface area contributed by atoms with Crippen molar-refractivity contribution in [2.45, 2.75) is 33.4 Å². The lowest BCUT2D eigenvalue weighted by Gasteiger charge is -2.10. The lowest BCUT2D eigenvalue weighted by Crippen LogP contribution is -2.22. The lowest BCUT2D eigenvalue weighted by atomic mass is 10.2. The molecule has 0 fully saturated rings. The van der Waals surface area contributed by atoms with Gasteiger partial charge in [0.25, 0.3) is 0 Å². The molecule has 2 rings (SSSR count). The zero-order valence-electron chi connectivity index (χ0n) is 11.6. The van der Waals surface area contributed by atoms with Gasteiger partial charge in [-0.15, -0.1) is 0 Å². The molecule has 1 aromatic carbocycles. The second-order valence-electron chi connectivity index (χ2n) is 4.75. The zero-order chi connectivity index (χ0) is 13.7. The van der Waals surface area contributed by atoms with Crippen LogP contribution in [-0.2, 0) is 6.54 Å². The molecule has 2 aromatic rings. The maximum absolute atomic E-state index is 5.76. The van der Waals surface area contributed by atoms with Crippen LogP contribution in [-0.4, -0.2) is 16.0 Å². The highest BCUT2D eigenvalue weighted by Gasteiger charge is 2.04. The van der Waals surface area contributed by atoms with Crippen LogP contribution < -0.4 is 10.1 Å². The van der Waals surface area contributed by atoms with Crippen LogP contribution in [0.3, 0.4) is 0 Å². The molecule has 1 aromatic heterocycles. The molecule has 1 heterocycles. The van der Waals surface area contributed by atoms with Crippen molar-refractivity contribution in [3.63, 3.8) is 0 Å². The van der Waals surface area contributed by atoms with Crippen LogP contribution in [0.4, 0.5) is 0 Å². The van der Waals surface area contributed by atoms with E-state index in [4.69, 9.17) is 4.74 Å². The van der Waals surface area contributed by atoms with E-state index in [1.807, 2.05) is 31.2 Å². The number of benzene rings is 1. The van der Waals surface area contributed by atoms with Gasteiger partial charge in [-0.1, -0.05) is 32.0 Å². The molecule has 0 radical (unpaired) electrons. The smallest absolute Gasteiger partial charge is 0.238 e. The zero-order valence-corrected chi connectivity index (χ0v) is 11.6. The van der Waals surface area contributed by atoms with E-state index in [2.05, 4.69) is 29.1 Å². The molecule has 4 nitrogen and oxygen atoms in total. The predicted octanol–water partition coefficient (Wildman–Crippen LogP) is 3.08. The summed E-state index contributed by atoms with van der Waals surface area (Å²) in [4.78, 5) is 8.59. The van der Waals surface area contributed by atoms with Gasteiger partial charge in [0.2, 0.25) is 5.88 Å². The first kappa shape index (κ1) is 13.5. The monoisotopic (exact) mass is 257 g/mol. The van der Waals surface area contributed by atoms with Gasteiger partial charge in [-0.3, -0.25) is 4.98 Å². The molecule has 0 aliphatic heterocycles. The van der Waals surface area contributed by atoms with Crippen molar-refractivity contribution in [3.05, 3.63) is 47.9 Å². The molecule has 19 heavy (non-hydrogen) atoms. The maximum atomic E-state index is 5.76. The van der Waals surface area contributed by atoms with Crippen LogP contribution in [0, 0.1) is 6.92 Å². The van der Waals surface area contributed by atoms with Crippen LogP contribution in [0.15, 0.2) is 36.7 Å². The van der Waals surface area contributed by atoms with Gasteiger partial charge in [0.15, 0.2) is 0 Å². The Bertz CT molecular complexity index is 540. The number of hydrogen-bond acceptors (Lipinski definition) is 4. The Balaban J connectivity index is 2.09. The SMILES string of the molecule is Cc1ccccc1Oc1cncc(CNC(C)C)n1. The number of ether oxygens (including phenoxy) is 1. The molecule has 100 valence electrons. The first-order valence-corrected chi connectivity index (χ1v) is 6.43. The largest absolute Gasteiger partial charge is 0.437 e.